The van der Waals surface area contributed by atoms with Crippen molar-refractivity contribution >= 4 is 17.5 Å². The number of carbonyl (C=O) groups is 1. The van der Waals surface area contributed by atoms with Crippen molar-refractivity contribution in [1.82, 2.24) is 15.4 Å². The van der Waals surface area contributed by atoms with Crippen molar-refractivity contribution in [2.24, 2.45) is 5.92 Å². The lowest BCUT2D eigenvalue weighted by Gasteiger charge is -2.32. The highest BCUT2D eigenvalue weighted by molar-refractivity contribution is 6.33. The Bertz CT molecular complexity index is 995. The topological polar surface area (TPSA) is 58.4 Å². The lowest BCUT2D eigenvalue weighted by Crippen LogP contribution is -2.38. The van der Waals surface area contributed by atoms with Gasteiger partial charge in [0.05, 0.1) is 5.02 Å². The third-order valence-corrected chi connectivity index (χ3v) is 6.06. The first-order chi connectivity index (χ1) is 14.6. The van der Waals surface area contributed by atoms with Crippen molar-refractivity contribution in [3.05, 3.63) is 76.5 Å². The van der Waals surface area contributed by atoms with E-state index in [4.69, 9.17) is 16.1 Å². The molecule has 2 aromatic carbocycles. The van der Waals surface area contributed by atoms with Crippen LogP contribution in [0.15, 0.2) is 59.1 Å². The molecule has 1 aromatic heterocycles. The standard InChI is InChI=1S/C24H26ClN3O2/c1-17-22(23(27-30-17)20-9-5-6-10-21(20)25)24(29)26-15-18-11-13-28(14-12-18)16-19-7-3-2-4-8-19/h2-10,18H,11-16H2,1H3,(H,26,29). The van der Waals surface area contributed by atoms with Crippen LogP contribution in [0.3, 0.4) is 0 Å². The van der Waals surface area contributed by atoms with E-state index in [1.165, 1.54) is 5.56 Å². The van der Waals surface area contributed by atoms with Crippen LogP contribution in [0.4, 0.5) is 0 Å². The summed E-state index contributed by atoms with van der Waals surface area (Å²) in [7, 11) is 0. The first kappa shape index (κ1) is 20.6. The van der Waals surface area contributed by atoms with E-state index in [1.807, 2.05) is 24.3 Å². The number of nitrogens with zero attached hydrogens (tertiary/aromatic N) is 2. The molecule has 1 amide bonds. The van der Waals surface area contributed by atoms with Gasteiger partial charge in [0, 0.05) is 18.7 Å². The highest BCUT2D eigenvalue weighted by Crippen LogP contribution is 2.31. The lowest BCUT2D eigenvalue weighted by molar-refractivity contribution is 0.0934. The zero-order chi connectivity index (χ0) is 20.9. The molecule has 0 radical (unpaired) electrons. The third kappa shape index (κ3) is 4.74. The molecule has 5 nitrogen and oxygen atoms in total. The van der Waals surface area contributed by atoms with Crippen LogP contribution in [0.1, 0.15) is 34.5 Å². The second-order valence-corrected chi connectivity index (χ2v) is 8.26. The summed E-state index contributed by atoms with van der Waals surface area (Å²) in [4.78, 5) is 15.4. The summed E-state index contributed by atoms with van der Waals surface area (Å²) in [5, 5.41) is 7.72. The summed E-state index contributed by atoms with van der Waals surface area (Å²) in [6.07, 6.45) is 2.15. The number of piperidine rings is 1. The van der Waals surface area contributed by atoms with Crippen LogP contribution in [0.2, 0.25) is 5.02 Å². The Morgan fingerprint density at radius 3 is 2.57 bits per heavy atom. The SMILES string of the molecule is Cc1onc(-c2ccccc2Cl)c1C(=O)NCC1CCN(Cc2ccccc2)CC1. The lowest BCUT2D eigenvalue weighted by atomic mass is 9.96. The highest BCUT2D eigenvalue weighted by atomic mass is 35.5. The van der Waals surface area contributed by atoms with Gasteiger partial charge in [0.15, 0.2) is 0 Å². The maximum absolute atomic E-state index is 12.9. The van der Waals surface area contributed by atoms with Gasteiger partial charge in [-0.25, -0.2) is 0 Å². The average molecular weight is 424 g/mol. The molecule has 30 heavy (non-hydrogen) atoms. The molecule has 0 unspecified atom stereocenters. The summed E-state index contributed by atoms with van der Waals surface area (Å²) in [5.74, 6) is 0.820. The van der Waals surface area contributed by atoms with E-state index in [0.717, 1.165) is 32.5 Å². The number of aryl methyl sites for hydroxylation is 1. The van der Waals surface area contributed by atoms with E-state index in [-0.39, 0.29) is 5.91 Å². The molecule has 0 spiro atoms. The first-order valence-corrected chi connectivity index (χ1v) is 10.7. The van der Waals surface area contributed by atoms with Crippen LogP contribution in [0, 0.1) is 12.8 Å². The zero-order valence-electron chi connectivity index (χ0n) is 17.1. The molecule has 1 fully saturated rings. The van der Waals surface area contributed by atoms with Crippen LogP contribution < -0.4 is 5.32 Å². The second-order valence-electron chi connectivity index (χ2n) is 7.86. The molecule has 1 aliphatic rings. The van der Waals surface area contributed by atoms with Gasteiger partial charge in [0.25, 0.3) is 5.91 Å². The molecule has 0 atom stereocenters. The number of hydrogen-bond acceptors (Lipinski definition) is 4. The number of benzene rings is 2. The molecule has 6 heteroatoms. The van der Waals surface area contributed by atoms with Crippen molar-refractivity contribution in [3.63, 3.8) is 0 Å². The molecule has 0 aliphatic carbocycles. The van der Waals surface area contributed by atoms with E-state index in [1.54, 1.807) is 13.0 Å². The van der Waals surface area contributed by atoms with Crippen LogP contribution in [-0.2, 0) is 6.54 Å². The number of aromatic nitrogens is 1. The molecule has 1 N–H and O–H groups in total. The van der Waals surface area contributed by atoms with Gasteiger partial charge in [-0.2, -0.15) is 0 Å². The average Bonchev–Trinajstić information content (AvgIpc) is 3.15. The molecule has 1 aliphatic heterocycles. The van der Waals surface area contributed by atoms with E-state index < -0.39 is 0 Å². The van der Waals surface area contributed by atoms with Gasteiger partial charge in [-0.1, -0.05) is 65.3 Å². The molecule has 4 rings (SSSR count). The largest absolute Gasteiger partial charge is 0.360 e. The molecule has 0 saturated carbocycles. The van der Waals surface area contributed by atoms with Crippen LogP contribution in [0.5, 0.6) is 0 Å². The van der Waals surface area contributed by atoms with E-state index in [9.17, 15) is 4.79 Å². The Morgan fingerprint density at radius 2 is 1.83 bits per heavy atom. The fraction of sp³-hybridized carbons (Fsp3) is 0.333. The number of carbonyl (C=O) groups excluding carboxylic acids is 1. The normalized spacial score (nSPS) is 15.3. The van der Waals surface area contributed by atoms with Crippen molar-refractivity contribution < 1.29 is 9.32 Å². The number of halogens is 1. The molecule has 1 saturated heterocycles. The minimum absolute atomic E-state index is 0.157. The predicted molar refractivity (Wildman–Crippen MR) is 118 cm³/mol. The van der Waals surface area contributed by atoms with Gasteiger partial charge in [0.1, 0.15) is 17.0 Å². The summed E-state index contributed by atoms with van der Waals surface area (Å²) >= 11 is 6.30. The fourth-order valence-corrected chi connectivity index (χ4v) is 4.22. The fourth-order valence-electron chi connectivity index (χ4n) is 3.99. The third-order valence-electron chi connectivity index (χ3n) is 5.73. The summed E-state index contributed by atoms with van der Waals surface area (Å²) < 4.78 is 5.31. The minimum Gasteiger partial charge on any atom is -0.360 e. The van der Waals surface area contributed by atoms with E-state index >= 15 is 0 Å². The van der Waals surface area contributed by atoms with E-state index in [2.05, 4.69) is 39.6 Å². The Balaban J connectivity index is 1.33. The number of nitrogens with one attached hydrogen (secondary N) is 1. The Hall–Kier alpha value is -2.63. The van der Waals surface area contributed by atoms with Crippen LogP contribution >= 0.6 is 11.6 Å². The maximum atomic E-state index is 12.9. The zero-order valence-corrected chi connectivity index (χ0v) is 17.9. The molecule has 3 aromatic rings. The molecular formula is C24H26ClN3O2. The molecule has 156 valence electrons. The van der Waals surface area contributed by atoms with Gasteiger partial charge in [-0.05, 0) is 50.4 Å². The van der Waals surface area contributed by atoms with Gasteiger partial charge in [-0.15, -0.1) is 0 Å². The Labute approximate surface area is 182 Å². The van der Waals surface area contributed by atoms with Gasteiger partial charge in [0.2, 0.25) is 0 Å². The van der Waals surface area contributed by atoms with Crippen molar-refractivity contribution in [1.29, 1.82) is 0 Å². The van der Waals surface area contributed by atoms with Gasteiger partial charge < -0.3 is 9.84 Å². The smallest absolute Gasteiger partial charge is 0.257 e. The van der Waals surface area contributed by atoms with Crippen molar-refractivity contribution in [2.75, 3.05) is 19.6 Å². The molecule has 0 bridgehead atoms. The summed E-state index contributed by atoms with van der Waals surface area (Å²) in [6.45, 7) is 5.50. The summed E-state index contributed by atoms with van der Waals surface area (Å²) in [6, 6.07) is 17.9. The van der Waals surface area contributed by atoms with Crippen molar-refractivity contribution in [3.8, 4) is 11.3 Å². The second kappa shape index (κ2) is 9.45. The molecular weight excluding hydrogens is 398 g/mol. The predicted octanol–water partition coefficient (Wildman–Crippen LogP) is 4.95. The summed E-state index contributed by atoms with van der Waals surface area (Å²) in [5.41, 5.74) is 3.01. The van der Waals surface area contributed by atoms with Crippen molar-refractivity contribution in [2.45, 2.75) is 26.3 Å². The monoisotopic (exact) mass is 423 g/mol. The van der Waals surface area contributed by atoms with Crippen LogP contribution in [0.25, 0.3) is 11.3 Å². The maximum Gasteiger partial charge on any atom is 0.257 e. The Kier molecular flexibility index (Phi) is 6.50. The molecule has 2 heterocycles. The Morgan fingerprint density at radius 1 is 1.13 bits per heavy atom. The minimum atomic E-state index is -0.157. The van der Waals surface area contributed by atoms with E-state index in [0.29, 0.717) is 40.1 Å². The first-order valence-electron chi connectivity index (χ1n) is 10.4. The van der Waals surface area contributed by atoms with Gasteiger partial charge in [-0.3, -0.25) is 9.69 Å². The van der Waals surface area contributed by atoms with Crippen LogP contribution in [-0.4, -0.2) is 35.6 Å². The highest BCUT2D eigenvalue weighted by Gasteiger charge is 2.25. The number of hydrogen-bond donors (Lipinski definition) is 1. The number of rotatable bonds is 6. The number of amides is 1. The number of likely N-dealkylation sites (tertiary alicyclic amines) is 1. The quantitative estimate of drug-likeness (QED) is 0.609. The van der Waals surface area contributed by atoms with Gasteiger partial charge >= 0.3 is 0 Å².